The number of aromatic nitrogens is 2. The van der Waals surface area contributed by atoms with Gasteiger partial charge in [-0.25, -0.2) is 9.97 Å². The van der Waals surface area contributed by atoms with Crippen molar-refractivity contribution in [2.75, 3.05) is 0 Å². The third-order valence-corrected chi connectivity index (χ3v) is 2.48. The summed E-state index contributed by atoms with van der Waals surface area (Å²) in [5.74, 6) is 0. The van der Waals surface area contributed by atoms with Gasteiger partial charge in [0.2, 0.25) is 0 Å². The maximum atomic E-state index is 5.86. The molecule has 0 saturated heterocycles. The zero-order valence-corrected chi connectivity index (χ0v) is 8.10. The van der Waals surface area contributed by atoms with Crippen molar-refractivity contribution in [2.24, 2.45) is 5.73 Å². The predicted octanol–water partition coefficient (Wildman–Crippen LogP) is 1.13. The number of ether oxygens (including phenoxy) is 1. The molecule has 0 bridgehead atoms. The van der Waals surface area contributed by atoms with Crippen molar-refractivity contribution < 1.29 is 4.74 Å². The predicted molar refractivity (Wildman–Crippen MR) is 52.9 cm³/mol. The van der Waals surface area contributed by atoms with Crippen LogP contribution in [0.15, 0.2) is 18.5 Å². The fourth-order valence-electron chi connectivity index (χ4n) is 1.78. The Hall–Kier alpha value is -1.16. The molecule has 0 aromatic carbocycles. The summed E-state index contributed by atoms with van der Waals surface area (Å²) in [6, 6.07) is 2.52. The lowest BCUT2D eigenvalue weighted by Gasteiger charge is -2.26. The highest BCUT2D eigenvalue weighted by molar-refractivity contribution is 4.95. The van der Waals surface area contributed by atoms with Crippen molar-refractivity contribution in [3.63, 3.8) is 0 Å². The van der Waals surface area contributed by atoms with Crippen molar-refractivity contribution in [3.8, 4) is 6.01 Å². The highest BCUT2D eigenvalue weighted by atomic mass is 16.5. The Kier molecular flexibility index (Phi) is 2.93. The van der Waals surface area contributed by atoms with Crippen LogP contribution in [0.25, 0.3) is 0 Å². The molecule has 1 saturated carbocycles. The SMILES string of the molecule is NC1CCCC(Oc2ncccn2)C1. The standard InChI is InChI=1S/C10H15N3O/c11-8-3-1-4-9(7-8)14-10-12-5-2-6-13-10/h2,5-6,8-9H,1,3-4,7,11H2. The molecule has 2 atom stereocenters. The molecule has 0 spiro atoms. The molecule has 76 valence electrons. The van der Waals surface area contributed by atoms with E-state index in [1.165, 1.54) is 0 Å². The van der Waals surface area contributed by atoms with Crippen molar-refractivity contribution in [2.45, 2.75) is 37.8 Å². The molecule has 2 N–H and O–H groups in total. The van der Waals surface area contributed by atoms with Crippen molar-refractivity contribution in [3.05, 3.63) is 18.5 Å². The summed E-state index contributed by atoms with van der Waals surface area (Å²) in [5, 5.41) is 0. The Balaban J connectivity index is 1.91. The van der Waals surface area contributed by atoms with Crippen LogP contribution >= 0.6 is 0 Å². The van der Waals surface area contributed by atoms with E-state index >= 15 is 0 Å². The van der Waals surface area contributed by atoms with Gasteiger partial charge in [0.05, 0.1) is 0 Å². The van der Waals surface area contributed by atoms with Gasteiger partial charge in [0.15, 0.2) is 0 Å². The first kappa shape index (κ1) is 9.40. The second-order valence-electron chi connectivity index (χ2n) is 3.70. The first-order chi connectivity index (χ1) is 6.84. The van der Waals surface area contributed by atoms with Crippen LogP contribution < -0.4 is 10.5 Å². The molecule has 2 unspecified atom stereocenters. The van der Waals surface area contributed by atoms with Gasteiger partial charge >= 0.3 is 6.01 Å². The van der Waals surface area contributed by atoms with Gasteiger partial charge < -0.3 is 10.5 Å². The average Bonchev–Trinajstić information content (AvgIpc) is 2.19. The molecule has 1 aliphatic rings. The molecule has 14 heavy (non-hydrogen) atoms. The van der Waals surface area contributed by atoms with Crippen molar-refractivity contribution in [1.29, 1.82) is 0 Å². The Morgan fingerprint density at radius 3 is 2.79 bits per heavy atom. The summed E-state index contributed by atoms with van der Waals surface area (Å²) in [5.41, 5.74) is 5.86. The van der Waals surface area contributed by atoms with Crippen molar-refractivity contribution >= 4 is 0 Å². The second kappa shape index (κ2) is 4.37. The largest absolute Gasteiger partial charge is 0.460 e. The molecule has 1 fully saturated rings. The highest BCUT2D eigenvalue weighted by Crippen LogP contribution is 2.20. The maximum Gasteiger partial charge on any atom is 0.316 e. The second-order valence-corrected chi connectivity index (χ2v) is 3.70. The molecule has 0 radical (unpaired) electrons. The van der Waals surface area contributed by atoms with Crippen LogP contribution in [0.3, 0.4) is 0 Å². The van der Waals surface area contributed by atoms with Gasteiger partial charge in [0.25, 0.3) is 0 Å². The molecule has 4 heteroatoms. The van der Waals surface area contributed by atoms with E-state index < -0.39 is 0 Å². The zero-order chi connectivity index (χ0) is 9.80. The fraction of sp³-hybridized carbons (Fsp3) is 0.600. The van der Waals surface area contributed by atoms with Crippen LogP contribution in [0.5, 0.6) is 6.01 Å². The zero-order valence-electron chi connectivity index (χ0n) is 8.10. The van der Waals surface area contributed by atoms with Crippen LogP contribution in [0.1, 0.15) is 25.7 Å². The third-order valence-electron chi connectivity index (χ3n) is 2.48. The van der Waals surface area contributed by atoms with E-state index in [0.29, 0.717) is 6.01 Å². The molecule has 0 amide bonds. The molecule has 4 nitrogen and oxygen atoms in total. The molecular weight excluding hydrogens is 178 g/mol. The lowest BCUT2D eigenvalue weighted by Crippen LogP contribution is -2.34. The fourth-order valence-corrected chi connectivity index (χ4v) is 1.78. The van der Waals surface area contributed by atoms with Crippen LogP contribution in [0.2, 0.25) is 0 Å². The van der Waals surface area contributed by atoms with E-state index in [2.05, 4.69) is 9.97 Å². The molecule has 1 heterocycles. The molecule has 1 aliphatic carbocycles. The van der Waals surface area contributed by atoms with Gasteiger partial charge in [-0.1, -0.05) is 0 Å². The minimum absolute atomic E-state index is 0.196. The van der Waals surface area contributed by atoms with E-state index in [0.717, 1.165) is 25.7 Å². The molecule has 0 aliphatic heterocycles. The molecular formula is C10H15N3O. The van der Waals surface area contributed by atoms with E-state index in [-0.39, 0.29) is 12.1 Å². The Labute approximate surface area is 83.5 Å². The van der Waals surface area contributed by atoms with E-state index in [1.54, 1.807) is 18.5 Å². The summed E-state index contributed by atoms with van der Waals surface area (Å²) in [7, 11) is 0. The van der Waals surface area contributed by atoms with Gasteiger partial charge in [-0.3, -0.25) is 0 Å². The first-order valence-corrected chi connectivity index (χ1v) is 5.04. The van der Waals surface area contributed by atoms with Gasteiger partial charge in [-0.15, -0.1) is 0 Å². The monoisotopic (exact) mass is 193 g/mol. The maximum absolute atomic E-state index is 5.86. The number of rotatable bonds is 2. The van der Waals surface area contributed by atoms with Crippen LogP contribution in [0.4, 0.5) is 0 Å². The Morgan fingerprint density at radius 2 is 2.07 bits per heavy atom. The number of hydrogen-bond acceptors (Lipinski definition) is 4. The van der Waals surface area contributed by atoms with Crippen LogP contribution in [-0.4, -0.2) is 22.1 Å². The molecule has 1 aromatic rings. The summed E-state index contributed by atoms with van der Waals surface area (Å²) >= 11 is 0. The quantitative estimate of drug-likeness (QED) is 0.764. The summed E-state index contributed by atoms with van der Waals surface area (Å²) in [6.45, 7) is 0. The number of nitrogens with zero attached hydrogens (tertiary/aromatic N) is 2. The summed E-state index contributed by atoms with van der Waals surface area (Å²) in [4.78, 5) is 8.05. The number of nitrogens with two attached hydrogens (primary N) is 1. The van der Waals surface area contributed by atoms with Gasteiger partial charge in [0, 0.05) is 18.4 Å². The third kappa shape index (κ3) is 2.42. The molecule has 2 rings (SSSR count). The van der Waals surface area contributed by atoms with E-state index in [9.17, 15) is 0 Å². The van der Waals surface area contributed by atoms with Gasteiger partial charge in [-0.05, 0) is 31.7 Å². The van der Waals surface area contributed by atoms with Gasteiger partial charge in [0.1, 0.15) is 6.10 Å². The first-order valence-electron chi connectivity index (χ1n) is 5.04. The van der Waals surface area contributed by atoms with E-state index in [4.69, 9.17) is 10.5 Å². The topological polar surface area (TPSA) is 61.0 Å². The van der Waals surface area contributed by atoms with Gasteiger partial charge in [-0.2, -0.15) is 0 Å². The normalized spacial score (nSPS) is 27.2. The lowest BCUT2D eigenvalue weighted by molar-refractivity contribution is 0.132. The lowest BCUT2D eigenvalue weighted by atomic mass is 9.94. The van der Waals surface area contributed by atoms with E-state index in [1.807, 2.05) is 0 Å². The molecule has 1 aromatic heterocycles. The van der Waals surface area contributed by atoms with Crippen LogP contribution in [0, 0.1) is 0 Å². The average molecular weight is 193 g/mol. The highest BCUT2D eigenvalue weighted by Gasteiger charge is 2.21. The number of hydrogen-bond donors (Lipinski definition) is 1. The summed E-state index contributed by atoms with van der Waals surface area (Å²) < 4.78 is 5.62. The minimum Gasteiger partial charge on any atom is -0.460 e. The Bertz CT molecular complexity index is 278. The van der Waals surface area contributed by atoms with Crippen LogP contribution in [-0.2, 0) is 0 Å². The Morgan fingerprint density at radius 1 is 1.29 bits per heavy atom. The smallest absolute Gasteiger partial charge is 0.316 e. The summed E-state index contributed by atoms with van der Waals surface area (Å²) in [6.07, 6.45) is 7.79. The van der Waals surface area contributed by atoms with Crippen molar-refractivity contribution in [1.82, 2.24) is 9.97 Å². The minimum atomic E-state index is 0.196.